The van der Waals surface area contributed by atoms with Crippen molar-refractivity contribution in [1.82, 2.24) is 20.1 Å². The summed E-state index contributed by atoms with van der Waals surface area (Å²) >= 11 is 0. The van der Waals surface area contributed by atoms with Gasteiger partial charge in [-0.2, -0.15) is 0 Å². The Kier molecular flexibility index (Phi) is 7.34. The van der Waals surface area contributed by atoms with E-state index >= 15 is 0 Å². The first-order valence-corrected chi connectivity index (χ1v) is 14.2. The number of pyridine rings is 1. The number of aromatic nitrogens is 1. The molecule has 0 radical (unpaired) electrons. The number of methoxy groups -OCH3 is 1. The molecule has 208 valence electrons. The van der Waals surface area contributed by atoms with Crippen molar-refractivity contribution in [2.45, 2.75) is 51.5 Å². The lowest BCUT2D eigenvalue weighted by molar-refractivity contribution is -0.122. The van der Waals surface area contributed by atoms with Gasteiger partial charge in [0.2, 0.25) is 18.6 Å². The van der Waals surface area contributed by atoms with Crippen molar-refractivity contribution in [2.75, 3.05) is 47.1 Å². The second-order valence-corrected chi connectivity index (χ2v) is 11.4. The molecule has 1 N–H and O–H groups in total. The fourth-order valence-electron chi connectivity index (χ4n) is 6.60. The van der Waals surface area contributed by atoms with Crippen molar-refractivity contribution in [2.24, 2.45) is 11.8 Å². The van der Waals surface area contributed by atoms with Crippen molar-refractivity contribution in [3.05, 3.63) is 46.1 Å². The zero-order chi connectivity index (χ0) is 26.9. The van der Waals surface area contributed by atoms with Crippen molar-refractivity contribution < 1.29 is 23.8 Å². The quantitative estimate of drug-likeness (QED) is 0.633. The van der Waals surface area contributed by atoms with Crippen molar-refractivity contribution >= 4 is 11.8 Å². The number of aryl methyl sites for hydroxylation is 3. The Morgan fingerprint density at radius 2 is 1.82 bits per heavy atom. The van der Waals surface area contributed by atoms with Crippen LogP contribution in [0.2, 0.25) is 0 Å². The predicted octanol–water partition coefficient (Wildman–Crippen LogP) is 2.97. The lowest BCUT2D eigenvalue weighted by atomic mass is 9.86. The lowest BCUT2D eigenvalue weighted by Crippen LogP contribution is -2.32. The van der Waals surface area contributed by atoms with E-state index in [2.05, 4.69) is 34.4 Å². The first-order chi connectivity index (χ1) is 19.0. The van der Waals surface area contributed by atoms with Crippen molar-refractivity contribution in [3.63, 3.8) is 0 Å². The van der Waals surface area contributed by atoms with Gasteiger partial charge in [0.15, 0.2) is 11.5 Å². The fourth-order valence-corrected chi connectivity index (χ4v) is 6.60. The predicted molar refractivity (Wildman–Crippen MR) is 145 cm³/mol. The Hall–Kier alpha value is -3.33. The van der Waals surface area contributed by atoms with Gasteiger partial charge in [-0.1, -0.05) is 0 Å². The normalized spacial score (nSPS) is 23.4. The molecule has 1 aromatic carbocycles. The molecule has 4 heterocycles. The summed E-state index contributed by atoms with van der Waals surface area (Å²) in [6.45, 7) is 3.79. The van der Waals surface area contributed by atoms with Crippen molar-refractivity contribution in [1.29, 1.82) is 0 Å². The average molecular weight is 535 g/mol. The number of nitrogens with zero attached hydrogens (tertiary/aromatic N) is 3. The molecule has 6 rings (SSSR count). The summed E-state index contributed by atoms with van der Waals surface area (Å²) in [6.07, 6.45) is 5.99. The smallest absolute Gasteiger partial charge is 0.259 e. The molecular weight excluding hydrogens is 496 g/mol. The van der Waals surface area contributed by atoms with E-state index in [0.29, 0.717) is 37.5 Å². The SMILES string of the molecule is COc1nc2c(cc1C(=O)N1C[C@H]3CCc4cc5c(cc4CN(C)CCCNC(=O)C[C@H]3C1)OCO5)CCC2. The van der Waals surface area contributed by atoms with Crippen LogP contribution in [0.1, 0.15) is 58.4 Å². The molecule has 2 amide bonds. The summed E-state index contributed by atoms with van der Waals surface area (Å²) in [5.74, 6) is 2.35. The largest absolute Gasteiger partial charge is 0.480 e. The van der Waals surface area contributed by atoms with Gasteiger partial charge >= 0.3 is 0 Å². The van der Waals surface area contributed by atoms with Crippen LogP contribution in [0.15, 0.2) is 18.2 Å². The summed E-state index contributed by atoms with van der Waals surface area (Å²) in [5, 5.41) is 3.11. The third kappa shape index (κ3) is 5.41. The summed E-state index contributed by atoms with van der Waals surface area (Å²) < 4.78 is 16.9. The molecule has 1 saturated heterocycles. The molecule has 2 atom stereocenters. The molecule has 3 aliphatic heterocycles. The maximum Gasteiger partial charge on any atom is 0.259 e. The zero-order valence-corrected chi connectivity index (χ0v) is 23.0. The highest BCUT2D eigenvalue weighted by molar-refractivity contribution is 5.97. The van der Waals surface area contributed by atoms with E-state index in [0.717, 1.165) is 74.4 Å². The maximum absolute atomic E-state index is 13.8. The molecule has 9 nitrogen and oxygen atoms in total. The Morgan fingerprint density at radius 3 is 2.64 bits per heavy atom. The van der Waals surface area contributed by atoms with Crippen LogP contribution in [0, 0.1) is 11.8 Å². The molecule has 1 fully saturated rings. The fraction of sp³-hybridized carbons (Fsp3) is 0.567. The number of rotatable bonds is 2. The molecule has 0 bridgehead atoms. The number of hydrogen-bond acceptors (Lipinski definition) is 7. The Balaban J connectivity index is 1.25. The molecule has 9 heteroatoms. The monoisotopic (exact) mass is 534 g/mol. The van der Waals surface area contributed by atoms with E-state index in [4.69, 9.17) is 14.2 Å². The van der Waals surface area contributed by atoms with Crippen LogP contribution >= 0.6 is 0 Å². The zero-order valence-electron chi connectivity index (χ0n) is 23.0. The second-order valence-electron chi connectivity index (χ2n) is 11.4. The van der Waals surface area contributed by atoms with Gasteiger partial charge in [-0.25, -0.2) is 4.98 Å². The minimum Gasteiger partial charge on any atom is -0.480 e. The van der Waals surface area contributed by atoms with Crippen LogP contribution in [0.4, 0.5) is 0 Å². The van der Waals surface area contributed by atoms with Gasteiger partial charge in [0, 0.05) is 38.3 Å². The van der Waals surface area contributed by atoms with Crippen LogP contribution in [0.5, 0.6) is 17.4 Å². The third-order valence-electron chi connectivity index (χ3n) is 8.71. The summed E-state index contributed by atoms with van der Waals surface area (Å²) in [4.78, 5) is 35.5. The number of amides is 2. The summed E-state index contributed by atoms with van der Waals surface area (Å²) in [6, 6.07) is 6.23. The number of hydrogen-bond donors (Lipinski definition) is 1. The van der Waals surface area contributed by atoms with Gasteiger partial charge in [0.25, 0.3) is 5.91 Å². The van der Waals surface area contributed by atoms with Crippen LogP contribution in [0.3, 0.4) is 0 Å². The molecule has 4 aliphatic rings. The number of benzene rings is 1. The third-order valence-corrected chi connectivity index (χ3v) is 8.71. The highest BCUT2D eigenvalue weighted by Gasteiger charge is 2.38. The van der Waals surface area contributed by atoms with E-state index in [-0.39, 0.29) is 30.4 Å². The topological polar surface area (TPSA) is 93.2 Å². The van der Waals surface area contributed by atoms with Crippen LogP contribution in [-0.2, 0) is 30.6 Å². The van der Waals surface area contributed by atoms with Gasteiger partial charge in [-0.05, 0) is 98.8 Å². The molecule has 2 aromatic rings. The Morgan fingerprint density at radius 1 is 1.03 bits per heavy atom. The minimum absolute atomic E-state index is 0.0507. The number of ether oxygens (including phenoxy) is 3. The van der Waals surface area contributed by atoms with Gasteiger partial charge in [-0.3, -0.25) is 9.59 Å². The maximum atomic E-state index is 13.8. The Bertz CT molecular complexity index is 1260. The van der Waals surface area contributed by atoms with Crippen LogP contribution < -0.4 is 19.5 Å². The number of fused-ring (bicyclic) bond motifs is 4. The Labute approximate surface area is 229 Å². The first-order valence-electron chi connectivity index (χ1n) is 14.2. The van der Waals surface area contributed by atoms with Crippen LogP contribution in [-0.4, -0.2) is 73.7 Å². The van der Waals surface area contributed by atoms with E-state index < -0.39 is 0 Å². The van der Waals surface area contributed by atoms with Gasteiger partial charge in [0.05, 0.1) is 7.11 Å². The van der Waals surface area contributed by atoms with Gasteiger partial charge in [-0.15, -0.1) is 0 Å². The number of nitrogens with one attached hydrogen (secondary N) is 1. The molecule has 0 spiro atoms. The van der Waals surface area contributed by atoms with E-state index in [9.17, 15) is 9.59 Å². The number of likely N-dealkylation sites (tertiary alicyclic amines) is 1. The van der Waals surface area contributed by atoms with Gasteiger partial charge < -0.3 is 29.3 Å². The molecule has 0 saturated carbocycles. The van der Waals surface area contributed by atoms with E-state index in [1.807, 2.05) is 11.0 Å². The number of carbonyl (C=O) groups is 2. The standard InChI is InChI=1S/C30H38N4O5/c1-33-10-4-9-31-28(35)14-23-17-34(30(36)24-11-20-5-3-6-25(20)32-29(24)37-2)16-21(23)8-7-19-12-26-27(39-18-38-26)13-22(19)15-33/h11-13,21,23H,3-10,14-18H2,1-2H3,(H,31,35)/t21-,23+/m1/s1. The number of carbonyl (C=O) groups excluding carboxylic acids is 2. The van der Waals surface area contributed by atoms with E-state index in [1.165, 1.54) is 11.1 Å². The molecule has 39 heavy (non-hydrogen) atoms. The van der Waals surface area contributed by atoms with Crippen LogP contribution in [0.25, 0.3) is 0 Å². The molecular formula is C30H38N4O5. The second kappa shape index (κ2) is 11.0. The average Bonchev–Trinajstić information content (AvgIpc) is 3.67. The summed E-state index contributed by atoms with van der Waals surface area (Å²) in [5.41, 5.74) is 5.23. The van der Waals surface area contributed by atoms with Gasteiger partial charge in [0.1, 0.15) is 5.56 Å². The molecule has 0 unspecified atom stereocenters. The minimum atomic E-state index is -0.0507. The highest BCUT2D eigenvalue weighted by atomic mass is 16.7. The summed E-state index contributed by atoms with van der Waals surface area (Å²) in [7, 11) is 3.69. The lowest BCUT2D eigenvalue weighted by Gasteiger charge is -2.22. The van der Waals surface area contributed by atoms with Crippen molar-refractivity contribution in [3.8, 4) is 17.4 Å². The molecule has 1 aromatic heterocycles. The molecule has 1 aliphatic carbocycles. The highest BCUT2D eigenvalue weighted by Crippen LogP contribution is 2.38. The first kappa shape index (κ1) is 25.9. The van der Waals surface area contributed by atoms with E-state index in [1.54, 1.807) is 7.11 Å².